The Kier molecular flexibility index (Phi) is 4.25. The summed E-state index contributed by atoms with van der Waals surface area (Å²) in [6.07, 6.45) is 4.32. The number of nitrogens with one attached hydrogen (secondary N) is 2. The molecule has 0 aliphatic heterocycles. The van der Waals surface area contributed by atoms with Gasteiger partial charge in [-0.2, -0.15) is 0 Å². The highest BCUT2D eigenvalue weighted by Gasteiger charge is 2.09. The second kappa shape index (κ2) is 6.11. The topological polar surface area (TPSA) is 66.9 Å². The monoisotopic (exact) mass is 262 g/mol. The van der Waals surface area contributed by atoms with Crippen LogP contribution in [0.4, 0.5) is 10.8 Å². The van der Waals surface area contributed by atoms with Gasteiger partial charge < -0.3 is 10.6 Å². The van der Waals surface area contributed by atoms with E-state index in [0.29, 0.717) is 17.4 Å². The van der Waals surface area contributed by atoms with E-state index >= 15 is 0 Å². The number of aromatic nitrogens is 2. The van der Waals surface area contributed by atoms with Crippen LogP contribution >= 0.6 is 11.3 Å². The van der Waals surface area contributed by atoms with Crippen molar-refractivity contribution in [2.75, 3.05) is 11.9 Å². The predicted molar refractivity (Wildman–Crippen MR) is 72.3 cm³/mol. The maximum Gasteiger partial charge on any atom is 0.270 e. The molecule has 0 bridgehead atoms. The van der Waals surface area contributed by atoms with Gasteiger partial charge in [0.2, 0.25) is 0 Å². The van der Waals surface area contributed by atoms with E-state index in [2.05, 4.69) is 20.6 Å². The number of hydrogen-bond acceptors (Lipinski definition) is 5. The first-order valence-electron chi connectivity index (χ1n) is 5.70. The first-order chi connectivity index (χ1) is 8.79. The summed E-state index contributed by atoms with van der Waals surface area (Å²) in [6, 6.07) is 3.73. The third-order valence-corrected chi connectivity index (χ3v) is 2.94. The Bertz CT molecular complexity index is 512. The molecule has 0 aliphatic carbocycles. The molecule has 0 unspecified atom stereocenters. The zero-order chi connectivity index (χ0) is 12.8. The van der Waals surface area contributed by atoms with Crippen molar-refractivity contribution >= 4 is 28.1 Å². The molecular weight excluding hydrogens is 248 g/mol. The predicted octanol–water partition coefficient (Wildman–Crippen LogP) is 2.42. The van der Waals surface area contributed by atoms with Crippen LogP contribution in [0.15, 0.2) is 29.9 Å². The summed E-state index contributed by atoms with van der Waals surface area (Å²) in [5.74, 6) is -0.132. The maximum absolute atomic E-state index is 11.7. The summed E-state index contributed by atoms with van der Waals surface area (Å²) in [7, 11) is 0. The number of amides is 1. The van der Waals surface area contributed by atoms with Gasteiger partial charge in [-0.25, -0.2) is 4.98 Å². The molecule has 0 radical (unpaired) electrons. The number of nitrogens with zero attached hydrogens (tertiary/aromatic N) is 2. The van der Waals surface area contributed by atoms with Crippen LogP contribution < -0.4 is 10.6 Å². The molecule has 18 heavy (non-hydrogen) atoms. The smallest absolute Gasteiger partial charge is 0.270 e. The van der Waals surface area contributed by atoms with E-state index in [1.54, 1.807) is 17.8 Å². The van der Waals surface area contributed by atoms with Crippen molar-refractivity contribution in [1.29, 1.82) is 0 Å². The van der Waals surface area contributed by atoms with E-state index < -0.39 is 0 Å². The average molecular weight is 262 g/mol. The third-order valence-electron chi connectivity index (χ3n) is 2.19. The van der Waals surface area contributed by atoms with Gasteiger partial charge in [0.1, 0.15) is 5.69 Å². The fraction of sp³-hybridized carbons (Fsp3) is 0.250. The quantitative estimate of drug-likeness (QED) is 0.868. The van der Waals surface area contributed by atoms with Gasteiger partial charge in [0.15, 0.2) is 5.13 Å². The highest BCUT2D eigenvalue weighted by Crippen LogP contribution is 2.19. The first kappa shape index (κ1) is 12.5. The number of hydrogen-bond donors (Lipinski definition) is 2. The molecule has 1 amide bonds. The summed E-state index contributed by atoms with van der Waals surface area (Å²) < 4.78 is 0. The van der Waals surface area contributed by atoms with E-state index in [1.807, 2.05) is 19.1 Å². The minimum Gasteiger partial charge on any atom is -0.351 e. The van der Waals surface area contributed by atoms with Crippen LogP contribution in [0.3, 0.4) is 0 Å². The molecule has 0 fully saturated rings. The molecule has 2 rings (SSSR count). The average Bonchev–Trinajstić information content (AvgIpc) is 2.86. The second-order valence-electron chi connectivity index (χ2n) is 3.66. The van der Waals surface area contributed by atoms with Crippen LogP contribution in [-0.2, 0) is 0 Å². The van der Waals surface area contributed by atoms with Gasteiger partial charge >= 0.3 is 0 Å². The molecule has 94 valence electrons. The van der Waals surface area contributed by atoms with Gasteiger partial charge in [-0.05, 0) is 18.6 Å². The van der Waals surface area contributed by atoms with Gasteiger partial charge in [-0.1, -0.05) is 6.92 Å². The molecule has 2 aromatic heterocycles. The highest BCUT2D eigenvalue weighted by atomic mass is 32.1. The van der Waals surface area contributed by atoms with E-state index in [9.17, 15) is 4.79 Å². The van der Waals surface area contributed by atoms with Gasteiger partial charge in [0, 0.05) is 18.1 Å². The zero-order valence-electron chi connectivity index (χ0n) is 10.0. The summed E-state index contributed by atoms with van der Waals surface area (Å²) in [4.78, 5) is 19.9. The Hall–Kier alpha value is -1.95. The lowest BCUT2D eigenvalue weighted by Gasteiger charge is -2.01. The molecule has 0 saturated carbocycles. The minimum absolute atomic E-state index is 0.132. The standard InChI is InChI=1S/C12H14N4OS/c1-2-5-14-11(17)10-8-18-12(16-10)15-9-4-3-6-13-7-9/h3-4,6-8H,2,5H2,1H3,(H,14,17)(H,15,16). The molecule has 0 aromatic carbocycles. The Balaban J connectivity index is 2.00. The lowest BCUT2D eigenvalue weighted by molar-refractivity contribution is 0.0949. The number of anilines is 2. The largest absolute Gasteiger partial charge is 0.351 e. The highest BCUT2D eigenvalue weighted by molar-refractivity contribution is 7.14. The van der Waals surface area contributed by atoms with Crippen molar-refractivity contribution < 1.29 is 4.79 Å². The number of rotatable bonds is 5. The molecule has 5 nitrogen and oxygen atoms in total. The van der Waals surface area contributed by atoms with Crippen molar-refractivity contribution in [1.82, 2.24) is 15.3 Å². The molecule has 6 heteroatoms. The number of pyridine rings is 1. The molecule has 2 heterocycles. The van der Waals surface area contributed by atoms with Crippen LogP contribution in [0.2, 0.25) is 0 Å². The molecule has 0 atom stereocenters. The zero-order valence-corrected chi connectivity index (χ0v) is 10.8. The van der Waals surface area contributed by atoms with Crippen molar-refractivity contribution in [3.8, 4) is 0 Å². The number of carbonyl (C=O) groups excluding carboxylic acids is 1. The van der Waals surface area contributed by atoms with Gasteiger partial charge in [0.05, 0.1) is 11.9 Å². The van der Waals surface area contributed by atoms with Crippen LogP contribution in [0.5, 0.6) is 0 Å². The molecule has 0 saturated heterocycles. The Labute approximate surface area is 109 Å². The van der Waals surface area contributed by atoms with E-state index in [4.69, 9.17) is 0 Å². The number of thiazole rings is 1. The summed E-state index contributed by atoms with van der Waals surface area (Å²) >= 11 is 1.40. The van der Waals surface area contributed by atoms with Crippen LogP contribution in [-0.4, -0.2) is 22.4 Å². The number of carbonyl (C=O) groups is 1. The van der Waals surface area contributed by atoms with Gasteiger partial charge in [-0.3, -0.25) is 9.78 Å². The third kappa shape index (κ3) is 3.27. The van der Waals surface area contributed by atoms with Crippen molar-refractivity contribution in [2.24, 2.45) is 0 Å². The lowest BCUT2D eigenvalue weighted by atomic mass is 10.4. The van der Waals surface area contributed by atoms with Crippen molar-refractivity contribution in [2.45, 2.75) is 13.3 Å². The summed E-state index contributed by atoms with van der Waals surface area (Å²) in [6.45, 7) is 2.68. The van der Waals surface area contributed by atoms with Crippen molar-refractivity contribution in [3.63, 3.8) is 0 Å². The van der Waals surface area contributed by atoms with Crippen molar-refractivity contribution in [3.05, 3.63) is 35.6 Å². The van der Waals surface area contributed by atoms with Crippen LogP contribution in [0.25, 0.3) is 0 Å². The van der Waals surface area contributed by atoms with Crippen LogP contribution in [0.1, 0.15) is 23.8 Å². The summed E-state index contributed by atoms with van der Waals surface area (Å²) in [5.41, 5.74) is 1.30. The minimum atomic E-state index is -0.132. The molecule has 2 N–H and O–H groups in total. The first-order valence-corrected chi connectivity index (χ1v) is 6.58. The van der Waals surface area contributed by atoms with E-state index in [-0.39, 0.29) is 5.91 Å². The molecular formula is C12H14N4OS. The van der Waals surface area contributed by atoms with E-state index in [1.165, 1.54) is 11.3 Å². The fourth-order valence-electron chi connectivity index (χ4n) is 1.32. The van der Waals surface area contributed by atoms with E-state index in [0.717, 1.165) is 12.1 Å². The second-order valence-corrected chi connectivity index (χ2v) is 4.52. The van der Waals surface area contributed by atoms with Gasteiger partial charge in [-0.15, -0.1) is 11.3 Å². The SMILES string of the molecule is CCCNC(=O)c1csc(Nc2cccnc2)n1. The normalized spacial score (nSPS) is 10.1. The fourth-order valence-corrected chi connectivity index (χ4v) is 2.04. The molecule has 0 spiro atoms. The molecule has 0 aliphatic rings. The molecule has 2 aromatic rings. The Morgan fingerprint density at radius 1 is 1.50 bits per heavy atom. The maximum atomic E-state index is 11.7. The summed E-state index contributed by atoms with van der Waals surface area (Å²) in [5, 5.41) is 8.32. The van der Waals surface area contributed by atoms with Gasteiger partial charge in [0.25, 0.3) is 5.91 Å². The Morgan fingerprint density at radius 3 is 3.11 bits per heavy atom. The van der Waals surface area contributed by atoms with Crippen LogP contribution in [0, 0.1) is 0 Å². The Morgan fingerprint density at radius 2 is 2.39 bits per heavy atom. The lowest BCUT2D eigenvalue weighted by Crippen LogP contribution is -2.24.